The molecule has 132 valence electrons. The summed E-state index contributed by atoms with van der Waals surface area (Å²) >= 11 is 0. The summed E-state index contributed by atoms with van der Waals surface area (Å²) in [5, 5.41) is 6.09. The first kappa shape index (κ1) is 18.6. The Bertz CT molecular complexity index is 696. The van der Waals surface area contributed by atoms with Crippen molar-refractivity contribution in [2.75, 3.05) is 19.6 Å². The van der Waals surface area contributed by atoms with Gasteiger partial charge in [0.25, 0.3) is 5.91 Å². The minimum absolute atomic E-state index is 0.128. The molecule has 1 aliphatic heterocycles. The van der Waals surface area contributed by atoms with Crippen LogP contribution < -0.4 is 15.4 Å². The Morgan fingerprint density at radius 3 is 2.58 bits per heavy atom. The molecule has 2 rings (SSSR count). The van der Waals surface area contributed by atoms with Crippen molar-refractivity contribution < 1.29 is 13.2 Å². The summed E-state index contributed by atoms with van der Waals surface area (Å²) < 4.78 is 27.0. The number of nitrogens with one attached hydrogen (secondary N) is 3. The van der Waals surface area contributed by atoms with Crippen LogP contribution in [0.4, 0.5) is 0 Å². The summed E-state index contributed by atoms with van der Waals surface area (Å²) in [5.74, 6) is -0.201. The Labute approximate surface area is 143 Å². The van der Waals surface area contributed by atoms with Crippen LogP contribution in [-0.4, -0.2) is 40.0 Å². The molecule has 1 aromatic rings. The van der Waals surface area contributed by atoms with E-state index < -0.39 is 10.0 Å². The molecule has 1 aromatic carbocycles. The van der Waals surface area contributed by atoms with Crippen molar-refractivity contribution in [2.45, 2.75) is 37.6 Å². The van der Waals surface area contributed by atoms with E-state index in [0.717, 1.165) is 19.5 Å². The van der Waals surface area contributed by atoms with Crippen LogP contribution in [-0.2, 0) is 10.0 Å². The van der Waals surface area contributed by atoms with Crippen LogP contribution in [0.1, 0.15) is 37.0 Å². The van der Waals surface area contributed by atoms with Gasteiger partial charge >= 0.3 is 0 Å². The van der Waals surface area contributed by atoms with E-state index in [9.17, 15) is 13.2 Å². The van der Waals surface area contributed by atoms with E-state index in [2.05, 4.69) is 21.4 Å². The fourth-order valence-electron chi connectivity index (χ4n) is 2.33. The highest BCUT2D eigenvalue weighted by molar-refractivity contribution is 7.89. The maximum atomic E-state index is 12.2. The summed E-state index contributed by atoms with van der Waals surface area (Å²) in [6.45, 7) is 6.02. The van der Waals surface area contributed by atoms with Crippen LogP contribution in [0, 0.1) is 0 Å². The van der Waals surface area contributed by atoms with Gasteiger partial charge < -0.3 is 10.6 Å². The molecule has 1 heterocycles. The molecule has 1 aliphatic rings. The lowest BCUT2D eigenvalue weighted by Gasteiger charge is -2.15. The van der Waals surface area contributed by atoms with E-state index in [0.29, 0.717) is 18.5 Å². The number of hydrogen-bond donors (Lipinski definition) is 3. The molecule has 0 aliphatic carbocycles. The van der Waals surface area contributed by atoms with Gasteiger partial charge in [-0.3, -0.25) is 4.79 Å². The third-order valence-electron chi connectivity index (χ3n) is 4.03. The van der Waals surface area contributed by atoms with Crippen molar-refractivity contribution in [3.8, 4) is 0 Å². The molecule has 0 saturated carbocycles. The molecule has 0 aromatic heterocycles. The van der Waals surface area contributed by atoms with Crippen LogP contribution in [0.5, 0.6) is 0 Å². The lowest BCUT2D eigenvalue weighted by Crippen LogP contribution is -2.32. The van der Waals surface area contributed by atoms with Gasteiger partial charge in [-0.05, 0) is 50.6 Å². The van der Waals surface area contributed by atoms with Gasteiger partial charge in [0.05, 0.1) is 4.90 Å². The van der Waals surface area contributed by atoms with Gasteiger partial charge in [0.15, 0.2) is 0 Å². The van der Waals surface area contributed by atoms with Crippen molar-refractivity contribution in [1.29, 1.82) is 0 Å². The molecule has 0 fully saturated rings. The standard InChI is InChI=1S/C17H25N3O3S/c1-3-13(2)20-24(22,23)16-6-4-15(5-7-16)17(21)19-12-14-8-10-18-11-9-14/h4-8,13,18,20H,3,9-12H2,1-2H3,(H,19,21). The fourth-order valence-corrected chi connectivity index (χ4v) is 3.65. The van der Waals surface area contributed by atoms with E-state index in [4.69, 9.17) is 0 Å². The summed E-state index contributed by atoms with van der Waals surface area (Å²) in [5.41, 5.74) is 1.66. The SMILES string of the molecule is CCC(C)NS(=O)(=O)c1ccc(C(=O)NCC2=CCNCC2)cc1. The van der Waals surface area contributed by atoms with Crippen molar-refractivity contribution in [3.05, 3.63) is 41.5 Å². The average molecular weight is 351 g/mol. The van der Waals surface area contributed by atoms with Gasteiger partial charge in [-0.2, -0.15) is 0 Å². The molecule has 7 heteroatoms. The maximum absolute atomic E-state index is 12.2. The molecule has 6 nitrogen and oxygen atoms in total. The second-order valence-corrected chi connectivity index (χ2v) is 7.67. The molecule has 3 N–H and O–H groups in total. The van der Waals surface area contributed by atoms with Crippen molar-refractivity contribution in [2.24, 2.45) is 0 Å². The predicted octanol–water partition coefficient (Wildman–Crippen LogP) is 1.41. The molecular weight excluding hydrogens is 326 g/mol. The number of rotatable bonds is 7. The van der Waals surface area contributed by atoms with E-state index in [1.165, 1.54) is 29.8 Å². The van der Waals surface area contributed by atoms with E-state index >= 15 is 0 Å². The predicted molar refractivity (Wildman–Crippen MR) is 94.4 cm³/mol. The van der Waals surface area contributed by atoms with Gasteiger partial charge in [0.2, 0.25) is 10.0 Å². The zero-order valence-electron chi connectivity index (χ0n) is 14.1. The van der Waals surface area contributed by atoms with Crippen LogP contribution in [0.25, 0.3) is 0 Å². The molecule has 1 atom stereocenters. The van der Waals surface area contributed by atoms with Crippen LogP contribution in [0.3, 0.4) is 0 Å². The maximum Gasteiger partial charge on any atom is 0.251 e. The third kappa shape index (κ3) is 5.15. The second kappa shape index (κ2) is 8.41. The number of benzene rings is 1. The smallest absolute Gasteiger partial charge is 0.251 e. The molecule has 0 saturated heterocycles. The molecule has 1 amide bonds. The molecule has 0 bridgehead atoms. The van der Waals surface area contributed by atoms with E-state index in [-0.39, 0.29) is 16.8 Å². The summed E-state index contributed by atoms with van der Waals surface area (Å²) in [4.78, 5) is 12.3. The molecule has 0 radical (unpaired) electrons. The minimum atomic E-state index is -3.54. The second-order valence-electron chi connectivity index (χ2n) is 5.95. The lowest BCUT2D eigenvalue weighted by molar-refractivity contribution is 0.0956. The van der Waals surface area contributed by atoms with Gasteiger partial charge in [-0.25, -0.2) is 13.1 Å². The quantitative estimate of drug-likeness (QED) is 0.648. The number of hydrogen-bond acceptors (Lipinski definition) is 4. The highest BCUT2D eigenvalue weighted by Gasteiger charge is 2.17. The topological polar surface area (TPSA) is 87.3 Å². The van der Waals surface area contributed by atoms with Gasteiger partial charge in [0.1, 0.15) is 0 Å². The van der Waals surface area contributed by atoms with Gasteiger partial charge in [0, 0.05) is 24.7 Å². The molecule has 1 unspecified atom stereocenters. The van der Waals surface area contributed by atoms with Gasteiger partial charge in [-0.15, -0.1) is 0 Å². The highest BCUT2D eigenvalue weighted by atomic mass is 32.2. The van der Waals surface area contributed by atoms with Crippen molar-refractivity contribution in [1.82, 2.24) is 15.4 Å². The normalized spacial score (nSPS) is 16.3. The Kier molecular flexibility index (Phi) is 6.53. The first-order valence-electron chi connectivity index (χ1n) is 8.21. The number of amides is 1. The molecular formula is C17H25N3O3S. The fraction of sp³-hybridized carbons (Fsp3) is 0.471. The summed E-state index contributed by atoms with van der Waals surface area (Å²) in [6.07, 6.45) is 3.73. The molecule has 0 spiro atoms. The van der Waals surface area contributed by atoms with Crippen molar-refractivity contribution >= 4 is 15.9 Å². The average Bonchev–Trinajstić information content (AvgIpc) is 2.60. The Hall–Kier alpha value is -1.70. The van der Waals surface area contributed by atoms with E-state index in [1.807, 2.05) is 13.8 Å². The Morgan fingerprint density at radius 2 is 2.00 bits per heavy atom. The molecule has 24 heavy (non-hydrogen) atoms. The van der Waals surface area contributed by atoms with Crippen LogP contribution >= 0.6 is 0 Å². The van der Waals surface area contributed by atoms with Crippen molar-refractivity contribution in [3.63, 3.8) is 0 Å². The number of sulfonamides is 1. The Morgan fingerprint density at radius 1 is 1.29 bits per heavy atom. The zero-order chi connectivity index (χ0) is 17.6. The van der Waals surface area contributed by atoms with Crippen LogP contribution in [0.2, 0.25) is 0 Å². The number of carbonyl (C=O) groups excluding carboxylic acids is 1. The largest absolute Gasteiger partial charge is 0.348 e. The first-order chi connectivity index (χ1) is 11.4. The summed E-state index contributed by atoms with van der Waals surface area (Å²) in [7, 11) is -3.54. The third-order valence-corrected chi connectivity index (χ3v) is 5.63. The highest BCUT2D eigenvalue weighted by Crippen LogP contribution is 2.12. The number of carbonyl (C=O) groups is 1. The lowest BCUT2D eigenvalue weighted by atomic mass is 10.1. The first-order valence-corrected chi connectivity index (χ1v) is 9.70. The van der Waals surface area contributed by atoms with Gasteiger partial charge in [-0.1, -0.05) is 18.6 Å². The Balaban J connectivity index is 1.98. The van der Waals surface area contributed by atoms with Crippen LogP contribution in [0.15, 0.2) is 40.8 Å². The minimum Gasteiger partial charge on any atom is -0.348 e. The summed E-state index contributed by atoms with van der Waals surface area (Å²) in [6, 6.07) is 5.87. The van der Waals surface area contributed by atoms with E-state index in [1.54, 1.807) is 0 Å². The monoisotopic (exact) mass is 351 g/mol. The zero-order valence-corrected chi connectivity index (χ0v) is 14.9.